The number of rotatable bonds is 4. The van der Waals surface area contributed by atoms with Gasteiger partial charge in [-0.1, -0.05) is 0 Å². The van der Waals surface area contributed by atoms with Crippen LogP contribution in [0.15, 0.2) is 23.1 Å². The molecule has 0 saturated carbocycles. The average Bonchev–Trinajstić information content (AvgIpc) is 2.85. The summed E-state index contributed by atoms with van der Waals surface area (Å²) in [7, 11) is -3.58. The Morgan fingerprint density at radius 1 is 1.38 bits per heavy atom. The van der Waals surface area contributed by atoms with Crippen LogP contribution in [0.2, 0.25) is 0 Å². The van der Waals surface area contributed by atoms with Crippen molar-refractivity contribution >= 4 is 21.6 Å². The molecular weight excluding hydrogens is 294 g/mol. The third-order valence-electron chi connectivity index (χ3n) is 3.53. The van der Waals surface area contributed by atoms with E-state index in [2.05, 4.69) is 15.4 Å². The fourth-order valence-corrected chi connectivity index (χ4v) is 3.55. The SMILES string of the molecule is O=C1Cc2cc(S(=O)(=O)NCC3COCCN3)ccc2N1. The van der Waals surface area contributed by atoms with E-state index in [0.717, 1.165) is 6.54 Å². The monoisotopic (exact) mass is 311 g/mol. The highest BCUT2D eigenvalue weighted by molar-refractivity contribution is 7.89. The number of amides is 1. The number of carbonyl (C=O) groups excluding carboxylic acids is 1. The molecular formula is C13H17N3O4S. The Balaban J connectivity index is 1.70. The van der Waals surface area contributed by atoms with Gasteiger partial charge in [0.05, 0.1) is 24.5 Å². The summed E-state index contributed by atoms with van der Waals surface area (Å²) in [6.07, 6.45) is 0.219. The molecule has 114 valence electrons. The Morgan fingerprint density at radius 2 is 2.24 bits per heavy atom. The minimum atomic E-state index is -3.58. The quantitative estimate of drug-likeness (QED) is 0.693. The second-order valence-electron chi connectivity index (χ2n) is 5.12. The van der Waals surface area contributed by atoms with Gasteiger partial charge in [0, 0.05) is 24.8 Å². The van der Waals surface area contributed by atoms with E-state index in [4.69, 9.17) is 4.74 Å². The molecule has 2 heterocycles. The van der Waals surface area contributed by atoms with Gasteiger partial charge in [0.15, 0.2) is 0 Å². The molecule has 7 nitrogen and oxygen atoms in total. The van der Waals surface area contributed by atoms with Crippen LogP contribution in [0.1, 0.15) is 5.56 Å². The van der Waals surface area contributed by atoms with Crippen LogP contribution >= 0.6 is 0 Å². The van der Waals surface area contributed by atoms with Crippen molar-refractivity contribution in [2.24, 2.45) is 0 Å². The van der Waals surface area contributed by atoms with E-state index >= 15 is 0 Å². The van der Waals surface area contributed by atoms with Gasteiger partial charge >= 0.3 is 0 Å². The molecule has 0 aliphatic carbocycles. The average molecular weight is 311 g/mol. The van der Waals surface area contributed by atoms with Gasteiger partial charge in [-0.15, -0.1) is 0 Å². The van der Waals surface area contributed by atoms with Crippen molar-refractivity contribution in [3.05, 3.63) is 23.8 Å². The number of sulfonamides is 1. The number of nitrogens with one attached hydrogen (secondary N) is 3. The van der Waals surface area contributed by atoms with Crippen molar-refractivity contribution in [1.29, 1.82) is 0 Å². The zero-order valence-electron chi connectivity index (χ0n) is 11.4. The number of hydrogen-bond donors (Lipinski definition) is 3. The summed E-state index contributed by atoms with van der Waals surface area (Å²) in [5.74, 6) is -0.115. The van der Waals surface area contributed by atoms with Crippen LogP contribution < -0.4 is 15.4 Å². The van der Waals surface area contributed by atoms with Crippen LogP contribution in [-0.2, 0) is 26.0 Å². The molecule has 2 aliphatic rings. The first-order valence-electron chi connectivity index (χ1n) is 6.78. The number of anilines is 1. The van der Waals surface area contributed by atoms with Crippen molar-refractivity contribution in [2.45, 2.75) is 17.4 Å². The summed E-state index contributed by atoms with van der Waals surface area (Å²) in [6, 6.07) is 4.64. The summed E-state index contributed by atoms with van der Waals surface area (Å²) < 4.78 is 32.4. The van der Waals surface area contributed by atoms with E-state index in [1.165, 1.54) is 6.07 Å². The van der Waals surface area contributed by atoms with Gasteiger partial charge in [-0.2, -0.15) is 0 Å². The number of carbonyl (C=O) groups is 1. The van der Waals surface area contributed by atoms with Gasteiger partial charge in [-0.25, -0.2) is 13.1 Å². The van der Waals surface area contributed by atoms with Crippen molar-refractivity contribution in [1.82, 2.24) is 10.0 Å². The molecule has 21 heavy (non-hydrogen) atoms. The van der Waals surface area contributed by atoms with Gasteiger partial charge < -0.3 is 15.4 Å². The van der Waals surface area contributed by atoms with E-state index < -0.39 is 10.0 Å². The van der Waals surface area contributed by atoms with Gasteiger partial charge in [0.1, 0.15) is 0 Å². The lowest BCUT2D eigenvalue weighted by Crippen LogP contribution is -2.48. The number of hydrogen-bond acceptors (Lipinski definition) is 5. The minimum Gasteiger partial charge on any atom is -0.378 e. The predicted octanol–water partition coefficient (Wildman–Crippen LogP) is -0.552. The summed E-state index contributed by atoms with van der Waals surface area (Å²) in [6.45, 7) is 2.13. The molecule has 3 rings (SSSR count). The first-order chi connectivity index (χ1) is 10.0. The Morgan fingerprint density at radius 3 is 3.00 bits per heavy atom. The summed E-state index contributed by atoms with van der Waals surface area (Å²) in [4.78, 5) is 11.5. The molecule has 1 aromatic rings. The number of morpholine rings is 1. The second kappa shape index (κ2) is 5.72. The lowest BCUT2D eigenvalue weighted by atomic mass is 10.2. The Bertz CT molecular complexity index is 653. The predicted molar refractivity (Wildman–Crippen MR) is 76.6 cm³/mol. The fourth-order valence-electron chi connectivity index (χ4n) is 2.42. The fraction of sp³-hybridized carbons (Fsp3) is 0.462. The summed E-state index contributed by atoms with van der Waals surface area (Å²) in [5.41, 5.74) is 1.39. The van der Waals surface area contributed by atoms with Crippen molar-refractivity contribution in [3.8, 4) is 0 Å². The van der Waals surface area contributed by atoms with E-state index in [-0.39, 0.29) is 29.8 Å². The second-order valence-corrected chi connectivity index (χ2v) is 6.89. The van der Waals surface area contributed by atoms with Crippen molar-refractivity contribution in [3.63, 3.8) is 0 Å². The lowest BCUT2D eigenvalue weighted by molar-refractivity contribution is -0.115. The maximum atomic E-state index is 12.3. The van der Waals surface area contributed by atoms with E-state index in [9.17, 15) is 13.2 Å². The standard InChI is InChI=1S/C13H17N3O4S/c17-13-6-9-5-11(1-2-12(9)16-13)21(18,19)15-7-10-8-20-4-3-14-10/h1-2,5,10,14-15H,3-4,6-8H2,(H,16,17). The topological polar surface area (TPSA) is 96.5 Å². The number of fused-ring (bicyclic) bond motifs is 1. The highest BCUT2D eigenvalue weighted by atomic mass is 32.2. The zero-order chi connectivity index (χ0) is 14.9. The van der Waals surface area contributed by atoms with E-state index in [1.54, 1.807) is 12.1 Å². The lowest BCUT2D eigenvalue weighted by Gasteiger charge is -2.23. The molecule has 8 heteroatoms. The third-order valence-corrected chi connectivity index (χ3v) is 4.95. The molecule has 1 unspecified atom stereocenters. The molecule has 1 aromatic carbocycles. The van der Waals surface area contributed by atoms with Crippen LogP contribution in [-0.4, -0.2) is 46.7 Å². The van der Waals surface area contributed by atoms with Crippen LogP contribution in [0.4, 0.5) is 5.69 Å². The smallest absolute Gasteiger partial charge is 0.240 e. The van der Waals surface area contributed by atoms with Crippen LogP contribution in [0.3, 0.4) is 0 Å². The molecule has 1 atom stereocenters. The van der Waals surface area contributed by atoms with E-state index in [0.29, 0.717) is 24.5 Å². The molecule has 0 aromatic heterocycles. The van der Waals surface area contributed by atoms with Gasteiger partial charge in [-0.3, -0.25) is 4.79 Å². The highest BCUT2D eigenvalue weighted by Crippen LogP contribution is 2.25. The maximum Gasteiger partial charge on any atom is 0.240 e. The number of ether oxygens (including phenoxy) is 1. The largest absolute Gasteiger partial charge is 0.378 e. The van der Waals surface area contributed by atoms with E-state index in [1.807, 2.05) is 0 Å². The molecule has 1 fully saturated rings. The Kier molecular flexibility index (Phi) is 3.94. The Labute approximate surface area is 123 Å². The molecule has 0 spiro atoms. The third kappa shape index (κ3) is 3.24. The zero-order valence-corrected chi connectivity index (χ0v) is 12.2. The number of benzene rings is 1. The molecule has 3 N–H and O–H groups in total. The summed E-state index contributed by atoms with van der Waals surface area (Å²) >= 11 is 0. The van der Waals surface area contributed by atoms with Gasteiger partial charge in [-0.05, 0) is 23.8 Å². The first-order valence-corrected chi connectivity index (χ1v) is 8.26. The molecule has 0 radical (unpaired) electrons. The van der Waals surface area contributed by atoms with Crippen LogP contribution in [0, 0.1) is 0 Å². The normalized spacial score (nSPS) is 21.9. The van der Waals surface area contributed by atoms with Gasteiger partial charge in [0.25, 0.3) is 0 Å². The Hall–Kier alpha value is -1.48. The van der Waals surface area contributed by atoms with Gasteiger partial charge in [0.2, 0.25) is 15.9 Å². The molecule has 2 aliphatic heterocycles. The van der Waals surface area contributed by atoms with Crippen LogP contribution in [0.25, 0.3) is 0 Å². The van der Waals surface area contributed by atoms with Crippen LogP contribution in [0.5, 0.6) is 0 Å². The highest BCUT2D eigenvalue weighted by Gasteiger charge is 2.23. The van der Waals surface area contributed by atoms with Crippen molar-refractivity contribution < 1.29 is 17.9 Å². The molecule has 0 bridgehead atoms. The minimum absolute atomic E-state index is 0.0220. The molecule has 1 amide bonds. The first kappa shape index (κ1) is 14.5. The maximum absolute atomic E-state index is 12.3. The molecule has 1 saturated heterocycles. The van der Waals surface area contributed by atoms with Crippen molar-refractivity contribution in [2.75, 3.05) is 31.6 Å². The summed E-state index contributed by atoms with van der Waals surface area (Å²) in [5, 5.41) is 5.86.